The number of primary amides is 1. The predicted molar refractivity (Wildman–Crippen MR) is 86.1 cm³/mol. The van der Waals surface area contributed by atoms with Gasteiger partial charge in [0.05, 0.1) is 0 Å². The van der Waals surface area contributed by atoms with E-state index in [1.54, 1.807) is 12.1 Å². The summed E-state index contributed by atoms with van der Waals surface area (Å²) in [5, 5.41) is 2.50. The van der Waals surface area contributed by atoms with Gasteiger partial charge in [0, 0.05) is 23.0 Å². The van der Waals surface area contributed by atoms with Crippen LogP contribution >= 0.6 is 15.9 Å². The Morgan fingerprint density at radius 3 is 2.70 bits per heavy atom. The molecule has 23 heavy (non-hydrogen) atoms. The van der Waals surface area contributed by atoms with Crippen LogP contribution in [-0.2, 0) is 16.1 Å². The van der Waals surface area contributed by atoms with Crippen LogP contribution in [-0.4, -0.2) is 25.3 Å². The van der Waals surface area contributed by atoms with Crippen LogP contribution in [0.25, 0.3) is 0 Å². The van der Waals surface area contributed by atoms with Crippen LogP contribution in [0.2, 0.25) is 0 Å². The van der Waals surface area contributed by atoms with Crippen molar-refractivity contribution >= 4 is 27.9 Å². The predicted octanol–water partition coefficient (Wildman–Crippen LogP) is 2.45. The Hall–Kier alpha value is -1.96. The zero-order valence-electron chi connectivity index (χ0n) is 12.6. The number of rotatable bonds is 8. The second-order valence-electron chi connectivity index (χ2n) is 5.06. The van der Waals surface area contributed by atoms with Gasteiger partial charge in [-0.1, -0.05) is 22.4 Å². The van der Waals surface area contributed by atoms with Gasteiger partial charge < -0.3 is 25.3 Å². The highest BCUT2D eigenvalue weighted by Gasteiger charge is 2.17. The van der Waals surface area contributed by atoms with Gasteiger partial charge in [-0.15, -0.1) is 0 Å². The van der Waals surface area contributed by atoms with Gasteiger partial charge in [0.15, 0.2) is 11.5 Å². The Morgan fingerprint density at radius 2 is 1.96 bits per heavy atom. The summed E-state index contributed by atoms with van der Waals surface area (Å²) in [7, 11) is 0. The number of benzene rings is 1. The third-order valence-electron chi connectivity index (χ3n) is 3.29. The van der Waals surface area contributed by atoms with E-state index in [9.17, 15) is 9.59 Å². The lowest BCUT2D eigenvalue weighted by molar-refractivity contribution is -0.145. The number of hydrogen-bond donors (Lipinski definition) is 2. The molecule has 2 rings (SSSR count). The summed E-state index contributed by atoms with van der Waals surface area (Å²) >= 11 is 3.42. The number of ether oxygens (including phenoxy) is 3. The molecule has 0 saturated carbocycles. The van der Waals surface area contributed by atoms with Gasteiger partial charge in [-0.3, -0.25) is 4.79 Å². The largest absolute Gasteiger partial charge is 0.461 e. The number of nitrogens with two attached hydrogens (primary N) is 1. The van der Waals surface area contributed by atoms with Crippen molar-refractivity contribution in [2.45, 2.75) is 32.3 Å². The van der Waals surface area contributed by atoms with Gasteiger partial charge in [0.2, 0.25) is 6.79 Å². The molecule has 0 bridgehead atoms. The van der Waals surface area contributed by atoms with Crippen LogP contribution < -0.4 is 20.5 Å². The average molecular weight is 387 g/mol. The fourth-order valence-electron chi connectivity index (χ4n) is 2.08. The quantitative estimate of drug-likeness (QED) is 0.527. The lowest BCUT2D eigenvalue weighted by Crippen LogP contribution is -2.29. The van der Waals surface area contributed by atoms with Gasteiger partial charge in [0.1, 0.15) is 6.61 Å². The molecule has 2 amide bonds. The van der Waals surface area contributed by atoms with Crippen molar-refractivity contribution in [1.29, 1.82) is 0 Å². The van der Waals surface area contributed by atoms with Crippen LogP contribution in [0.1, 0.15) is 31.2 Å². The molecule has 0 radical (unpaired) electrons. The SMILES string of the molecule is NC(=O)NCCCCCC(=O)OCc1cc2c(cc1Br)OCO2. The number of urea groups is 1. The van der Waals surface area contributed by atoms with E-state index in [2.05, 4.69) is 21.2 Å². The Labute approximate surface area is 142 Å². The standard InChI is InChI=1S/C15H19BrN2O5/c16-11-7-13-12(22-9-23-13)6-10(11)8-21-14(19)4-2-1-3-5-18-15(17)20/h6-7H,1-5,8-9H2,(H3,17,18,20). The van der Waals surface area contributed by atoms with E-state index in [4.69, 9.17) is 19.9 Å². The molecule has 0 unspecified atom stereocenters. The summed E-state index contributed by atoms with van der Waals surface area (Å²) in [4.78, 5) is 22.2. The summed E-state index contributed by atoms with van der Waals surface area (Å²) < 4.78 is 16.6. The molecule has 0 atom stereocenters. The van der Waals surface area contributed by atoms with Gasteiger partial charge in [-0.2, -0.15) is 0 Å². The van der Waals surface area contributed by atoms with Crippen molar-refractivity contribution in [2.75, 3.05) is 13.3 Å². The average Bonchev–Trinajstić information content (AvgIpc) is 2.95. The first-order chi connectivity index (χ1) is 11.1. The van der Waals surface area contributed by atoms with Crippen molar-refractivity contribution in [1.82, 2.24) is 5.32 Å². The zero-order chi connectivity index (χ0) is 16.7. The van der Waals surface area contributed by atoms with E-state index < -0.39 is 6.03 Å². The van der Waals surface area contributed by atoms with E-state index in [0.717, 1.165) is 22.9 Å². The summed E-state index contributed by atoms with van der Waals surface area (Å²) in [6.45, 7) is 0.906. The summed E-state index contributed by atoms with van der Waals surface area (Å²) in [5.41, 5.74) is 5.78. The van der Waals surface area contributed by atoms with Gasteiger partial charge in [-0.05, 0) is 25.0 Å². The number of nitrogens with one attached hydrogen (secondary N) is 1. The third kappa shape index (κ3) is 5.63. The lowest BCUT2D eigenvalue weighted by atomic mass is 10.2. The molecule has 1 aromatic rings. The summed E-state index contributed by atoms with van der Waals surface area (Å²) in [6.07, 6.45) is 2.66. The van der Waals surface area contributed by atoms with Crippen LogP contribution in [0.5, 0.6) is 11.5 Å². The van der Waals surface area contributed by atoms with Crippen molar-refractivity contribution in [3.8, 4) is 11.5 Å². The number of amides is 2. The zero-order valence-corrected chi connectivity index (χ0v) is 14.2. The molecule has 1 aliphatic heterocycles. The maximum absolute atomic E-state index is 11.7. The first-order valence-electron chi connectivity index (χ1n) is 7.33. The minimum atomic E-state index is -0.529. The molecule has 1 aromatic carbocycles. The van der Waals surface area contributed by atoms with E-state index in [1.807, 2.05) is 0 Å². The molecule has 0 fully saturated rings. The molecule has 1 heterocycles. The normalized spacial score (nSPS) is 12.0. The molecule has 3 N–H and O–H groups in total. The first-order valence-corrected chi connectivity index (χ1v) is 8.12. The number of carbonyl (C=O) groups is 2. The maximum atomic E-state index is 11.7. The number of unbranched alkanes of at least 4 members (excludes halogenated alkanes) is 2. The molecular formula is C15H19BrN2O5. The first kappa shape index (κ1) is 17.4. The van der Waals surface area contributed by atoms with Crippen LogP contribution in [0, 0.1) is 0 Å². The number of fused-ring (bicyclic) bond motifs is 1. The Morgan fingerprint density at radius 1 is 1.22 bits per heavy atom. The fraction of sp³-hybridized carbons (Fsp3) is 0.467. The second kappa shape index (κ2) is 8.61. The number of halogens is 1. The Kier molecular flexibility index (Phi) is 6.52. The highest BCUT2D eigenvalue weighted by Crippen LogP contribution is 2.37. The van der Waals surface area contributed by atoms with E-state index >= 15 is 0 Å². The minimum Gasteiger partial charge on any atom is -0.461 e. The molecule has 0 aliphatic carbocycles. The number of hydrogen-bond acceptors (Lipinski definition) is 5. The van der Waals surface area contributed by atoms with Gasteiger partial charge in [-0.25, -0.2) is 4.79 Å². The molecule has 1 aliphatic rings. The van der Waals surface area contributed by atoms with Crippen molar-refractivity contribution < 1.29 is 23.8 Å². The van der Waals surface area contributed by atoms with E-state index in [-0.39, 0.29) is 19.4 Å². The van der Waals surface area contributed by atoms with E-state index in [1.165, 1.54) is 0 Å². The molecule has 0 spiro atoms. The van der Waals surface area contributed by atoms with Crippen molar-refractivity contribution in [3.63, 3.8) is 0 Å². The van der Waals surface area contributed by atoms with Crippen LogP contribution in [0.4, 0.5) is 4.79 Å². The Balaban J connectivity index is 1.66. The van der Waals surface area contributed by atoms with Crippen molar-refractivity contribution in [3.05, 3.63) is 22.2 Å². The highest BCUT2D eigenvalue weighted by molar-refractivity contribution is 9.10. The molecule has 8 heteroatoms. The monoisotopic (exact) mass is 386 g/mol. The maximum Gasteiger partial charge on any atom is 0.312 e. The lowest BCUT2D eigenvalue weighted by Gasteiger charge is -2.08. The number of carbonyl (C=O) groups excluding carboxylic acids is 2. The van der Waals surface area contributed by atoms with Crippen LogP contribution in [0.3, 0.4) is 0 Å². The molecule has 7 nitrogen and oxygen atoms in total. The van der Waals surface area contributed by atoms with Gasteiger partial charge >= 0.3 is 12.0 Å². The van der Waals surface area contributed by atoms with E-state index in [0.29, 0.717) is 30.9 Å². The second-order valence-corrected chi connectivity index (χ2v) is 5.91. The minimum absolute atomic E-state index is 0.180. The number of esters is 1. The third-order valence-corrected chi connectivity index (χ3v) is 4.03. The molecular weight excluding hydrogens is 368 g/mol. The molecule has 0 saturated heterocycles. The topological polar surface area (TPSA) is 99.9 Å². The Bertz CT molecular complexity index is 579. The van der Waals surface area contributed by atoms with Gasteiger partial charge in [0.25, 0.3) is 0 Å². The highest BCUT2D eigenvalue weighted by atomic mass is 79.9. The smallest absolute Gasteiger partial charge is 0.312 e. The fourth-order valence-corrected chi connectivity index (χ4v) is 2.52. The summed E-state index contributed by atoms with van der Waals surface area (Å²) in [5.74, 6) is 1.08. The van der Waals surface area contributed by atoms with Crippen molar-refractivity contribution in [2.24, 2.45) is 5.73 Å². The molecule has 126 valence electrons. The van der Waals surface area contributed by atoms with Crippen LogP contribution in [0.15, 0.2) is 16.6 Å². The molecule has 0 aromatic heterocycles. The summed E-state index contributed by atoms with van der Waals surface area (Å²) in [6, 6.07) is 3.07.